The first-order valence-electron chi connectivity index (χ1n) is 8.70. The van der Waals surface area contributed by atoms with E-state index in [9.17, 15) is 0 Å². The van der Waals surface area contributed by atoms with Gasteiger partial charge >= 0.3 is 0 Å². The van der Waals surface area contributed by atoms with Crippen LogP contribution in [0.5, 0.6) is 11.5 Å². The summed E-state index contributed by atoms with van der Waals surface area (Å²) in [6.45, 7) is 6.79. The second kappa shape index (κ2) is 8.03. The summed E-state index contributed by atoms with van der Waals surface area (Å²) >= 11 is 0. The van der Waals surface area contributed by atoms with Crippen molar-refractivity contribution in [2.24, 2.45) is 0 Å². The van der Waals surface area contributed by atoms with E-state index in [2.05, 4.69) is 38.6 Å². The van der Waals surface area contributed by atoms with Crippen LogP contribution in [0, 0.1) is 13.8 Å². The third-order valence-corrected chi connectivity index (χ3v) is 4.17. The molecule has 0 aliphatic carbocycles. The number of aromatic nitrogens is 5. The van der Waals surface area contributed by atoms with E-state index in [1.165, 1.54) is 0 Å². The minimum atomic E-state index is 0.0813. The average molecular weight is 368 g/mol. The summed E-state index contributed by atoms with van der Waals surface area (Å²) in [5, 5.41) is 15.9. The van der Waals surface area contributed by atoms with Crippen molar-refractivity contribution in [3.63, 3.8) is 0 Å². The average Bonchev–Trinajstić information content (AvgIpc) is 2.98. The van der Waals surface area contributed by atoms with Crippen molar-refractivity contribution in [1.29, 1.82) is 0 Å². The van der Waals surface area contributed by atoms with Crippen LogP contribution in [-0.2, 0) is 6.54 Å². The van der Waals surface area contributed by atoms with Crippen LogP contribution in [0.15, 0.2) is 30.5 Å². The second-order valence-corrected chi connectivity index (χ2v) is 6.39. The Hall–Kier alpha value is -3.16. The van der Waals surface area contributed by atoms with Crippen LogP contribution in [0.1, 0.15) is 18.3 Å². The summed E-state index contributed by atoms with van der Waals surface area (Å²) < 4.78 is 12.7. The van der Waals surface area contributed by atoms with E-state index in [1.807, 2.05) is 36.7 Å². The molecule has 1 atom stereocenters. The third-order valence-electron chi connectivity index (χ3n) is 4.17. The molecular weight excluding hydrogens is 344 g/mol. The highest BCUT2D eigenvalue weighted by Crippen LogP contribution is 2.32. The van der Waals surface area contributed by atoms with Crippen molar-refractivity contribution in [3.05, 3.63) is 41.9 Å². The van der Waals surface area contributed by atoms with Crippen molar-refractivity contribution in [2.45, 2.75) is 33.4 Å². The molecular formula is C19H24N6O2. The van der Waals surface area contributed by atoms with Gasteiger partial charge < -0.3 is 14.8 Å². The number of hydrogen-bond acceptors (Lipinski definition) is 7. The van der Waals surface area contributed by atoms with Gasteiger partial charge in [0.25, 0.3) is 0 Å². The maximum atomic E-state index is 5.46. The molecule has 8 nitrogen and oxygen atoms in total. The van der Waals surface area contributed by atoms with Gasteiger partial charge in [0, 0.05) is 23.4 Å². The Kier molecular flexibility index (Phi) is 5.54. The topological polar surface area (TPSA) is 87.0 Å². The molecule has 3 rings (SSSR count). The summed E-state index contributed by atoms with van der Waals surface area (Å²) in [5.74, 6) is 1.84. The molecule has 0 bridgehead atoms. The molecule has 3 aromatic rings. The number of anilines is 1. The molecule has 0 saturated heterocycles. The van der Waals surface area contributed by atoms with E-state index in [0.717, 1.165) is 22.7 Å². The number of hydrogen-bond donors (Lipinski definition) is 1. The molecule has 2 aromatic heterocycles. The fraction of sp³-hybridized carbons (Fsp3) is 0.368. The lowest BCUT2D eigenvalue weighted by Crippen LogP contribution is -2.24. The van der Waals surface area contributed by atoms with Gasteiger partial charge in [-0.25, -0.2) is 4.98 Å². The van der Waals surface area contributed by atoms with E-state index in [0.29, 0.717) is 23.9 Å². The van der Waals surface area contributed by atoms with Crippen LogP contribution in [-0.4, -0.2) is 45.2 Å². The highest BCUT2D eigenvalue weighted by Gasteiger charge is 2.13. The van der Waals surface area contributed by atoms with Gasteiger partial charge in [-0.05, 0) is 39.0 Å². The van der Waals surface area contributed by atoms with Crippen molar-refractivity contribution in [2.75, 3.05) is 19.5 Å². The quantitative estimate of drug-likeness (QED) is 0.686. The first-order valence-corrected chi connectivity index (χ1v) is 8.70. The summed E-state index contributed by atoms with van der Waals surface area (Å²) in [6.07, 6.45) is 1.61. The molecule has 142 valence electrons. The molecule has 8 heteroatoms. The van der Waals surface area contributed by atoms with Crippen LogP contribution < -0.4 is 14.8 Å². The SMILES string of the molecule is COc1ccc(-c2cnnc(N[C@@H](C)Cn3nc(C)cc3C)n2)c(OC)c1. The summed E-state index contributed by atoms with van der Waals surface area (Å²) in [5.41, 5.74) is 3.62. The number of nitrogens with zero attached hydrogens (tertiary/aromatic N) is 5. The molecule has 0 aliphatic heterocycles. The Labute approximate surface area is 158 Å². The number of ether oxygens (including phenoxy) is 2. The standard InChI is InChI=1S/C19H24N6O2/c1-12-8-14(3)25(24-12)11-13(2)21-19-22-17(10-20-23-19)16-7-6-15(26-4)9-18(16)27-5/h6-10,13H,11H2,1-5H3,(H,21,22,23)/t13-/m0/s1. The van der Waals surface area contributed by atoms with Crippen LogP contribution in [0.25, 0.3) is 11.3 Å². The highest BCUT2D eigenvalue weighted by atomic mass is 16.5. The van der Waals surface area contributed by atoms with Crippen LogP contribution in [0.2, 0.25) is 0 Å². The van der Waals surface area contributed by atoms with E-state index >= 15 is 0 Å². The molecule has 0 unspecified atom stereocenters. The number of nitrogens with one attached hydrogen (secondary N) is 1. The third kappa shape index (κ3) is 4.33. The Balaban J connectivity index is 1.78. The first-order chi connectivity index (χ1) is 13.0. The lowest BCUT2D eigenvalue weighted by Gasteiger charge is -2.15. The molecule has 0 radical (unpaired) electrons. The Bertz CT molecular complexity index is 924. The zero-order valence-corrected chi connectivity index (χ0v) is 16.2. The number of methoxy groups -OCH3 is 2. The van der Waals surface area contributed by atoms with Gasteiger partial charge in [-0.3, -0.25) is 4.68 Å². The van der Waals surface area contributed by atoms with Gasteiger partial charge in [0.2, 0.25) is 5.95 Å². The molecule has 1 aromatic carbocycles. The molecule has 1 N–H and O–H groups in total. The lowest BCUT2D eigenvalue weighted by atomic mass is 10.1. The molecule has 2 heterocycles. The van der Waals surface area contributed by atoms with E-state index < -0.39 is 0 Å². The van der Waals surface area contributed by atoms with E-state index in [4.69, 9.17) is 9.47 Å². The minimum Gasteiger partial charge on any atom is -0.497 e. The summed E-state index contributed by atoms with van der Waals surface area (Å²) in [4.78, 5) is 4.58. The summed E-state index contributed by atoms with van der Waals surface area (Å²) in [7, 11) is 3.23. The number of benzene rings is 1. The largest absolute Gasteiger partial charge is 0.497 e. The molecule has 0 amide bonds. The van der Waals surface area contributed by atoms with Crippen LogP contribution in [0.3, 0.4) is 0 Å². The van der Waals surface area contributed by atoms with Gasteiger partial charge in [-0.15, -0.1) is 5.10 Å². The van der Waals surface area contributed by atoms with Crippen molar-refractivity contribution in [3.8, 4) is 22.8 Å². The van der Waals surface area contributed by atoms with Gasteiger partial charge in [0.15, 0.2) is 0 Å². The van der Waals surface area contributed by atoms with E-state index in [1.54, 1.807) is 20.4 Å². The fourth-order valence-electron chi connectivity index (χ4n) is 2.89. The van der Waals surface area contributed by atoms with E-state index in [-0.39, 0.29) is 6.04 Å². The molecule has 27 heavy (non-hydrogen) atoms. The zero-order valence-electron chi connectivity index (χ0n) is 16.2. The molecule has 0 fully saturated rings. The van der Waals surface area contributed by atoms with Gasteiger partial charge in [0.1, 0.15) is 11.5 Å². The lowest BCUT2D eigenvalue weighted by molar-refractivity contribution is 0.395. The minimum absolute atomic E-state index is 0.0813. The van der Waals surface area contributed by atoms with Crippen LogP contribution in [0.4, 0.5) is 5.95 Å². The van der Waals surface area contributed by atoms with Gasteiger partial charge in [-0.1, -0.05) is 0 Å². The predicted molar refractivity (Wildman–Crippen MR) is 103 cm³/mol. The van der Waals surface area contributed by atoms with Crippen molar-refractivity contribution < 1.29 is 9.47 Å². The Morgan fingerprint density at radius 2 is 1.96 bits per heavy atom. The monoisotopic (exact) mass is 368 g/mol. The van der Waals surface area contributed by atoms with Crippen molar-refractivity contribution >= 4 is 5.95 Å². The Morgan fingerprint density at radius 1 is 1.15 bits per heavy atom. The molecule has 0 aliphatic rings. The molecule has 0 saturated carbocycles. The first kappa shape index (κ1) is 18.6. The maximum absolute atomic E-state index is 5.46. The predicted octanol–water partition coefficient (Wildman–Crippen LogP) is 2.87. The molecule has 0 spiro atoms. The van der Waals surface area contributed by atoms with Crippen LogP contribution >= 0.6 is 0 Å². The normalized spacial score (nSPS) is 11.9. The number of aryl methyl sites for hydroxylation is 2. The van der Waals surface area contributed by atoms with Crippen molar-refractivity contribution in [1.82, 2.24) is 25.0 Å². The maximum Gasteiger partial charge on any atom is 0.243 e. The van der Waals surface area contributed by atoms with Gasteiger partial charge in [-0.2, -0.15) is 10.2 Å². The highest BCUT2D eigenvalue weighted by molar-refractivity contribution is 5.68. The van der Waals surface area contributed by atoms with Gasteiger partial charge in [0.05, 0.1) is 38.3 Å². The summed E-state index contributed by atoms with van der Waals surface area (Å²) in [6, 6.07) is 7.71. The zero-order chi connectivity index (χ0) is 19.4. The number of rotatable bonds is 7. The smallest absolute Gasteiger partial charge is 0.243 e. The fourth-order valence-corrected chi connectivity index (χ4v) is 2.89. The second-order valence-electron chi connectivity index (χ2n) is 6.39. The Morgan fingerprint density at radius 3 is 2.63 bits per heavy atom.